The van der Waals surface area contributed by atoms with Crippen LogP contribution in [0.3, 0.4) is 0 Å². The summed E-state index contributed by atoms with van der Waals surface area (Å²) >= 11 is 6.88. The molecule has 15 heavy (non-hydrogen) atoms. The number of ketones is 1. The fraction of sp³-hybridized carbons (Fsp3) is 0.417. The lowest BCUT2D eigenvalue weighted by molar-refractivity contribution is -0.116. The Morgan fingerprint density at radius 1 is 1.47 bits per heavy atom. The maximum atomic E-state index is 11.3. The summed E-state index contributed by atoms with van der Waals surface area (Å²) in [6, 6.07) is 6.27. The van der Waals surface area contributed by atoms with E-state index in [1.165, 1.54) is 11.1 Å². The molecule has 0 bridgehead atoms. The van der Waals surface area contributed by atoms with Crippen molar-refractivity contribution in [2.75, 3.05) is 0 Å². The monoisotopic (exact) mass is 332 g/mol. The highest BCUT2D eigenvalue weighted by Gasteiger charge is 2.15. The van der Waals surface area contributed by atoms with Crippen LogP contribution in [0.1, 0.15) is 35.4 Å². The summed E-state index contributed by atoms with van der Waals surface area (Å²) in [5.74, 6) is 0.140. The van der Waals surface area contributed by atoms with E-state index in [2.05, 4.69) is 50.9 Å². The zero-order chi connectivity index (χ0) is 11.4. The molecule has 0 fully saturated rings. The van der Waals surface area contributed by atoms with Gasteiger partial charge in [-0.15, -0.1) is 0 Å². The first kappa shape index (κ1) is 12.9. The average molecular weight is 334 g/mol. The topological polar surface area (TPSA) is 17.1 Å². The molecule has 0 amide bonds. The maximum absolute atomic E-state index is 11.3. The number of benzene rings is 1. The Morgan fingerprint density at radius 2 is 2.13 bits per heavy atom. The van der Waals surface area contributed by atoms with Crippen molar-refractivity contribution in [2.24, 2.45) is 0 Å². The molecule has 1 unspecified atom stereocenters. The van der Waals surface area contributed by atoms with Crippen molar-refractivity contribution in [3.63, 3.8) is 0 Å². The molecule has 0 N–H and O–H groups in total. The third kappa shape index (κ3) is 3.15. The number of rotatable bonds is 4. The van der Waals surface area contributed by atoms with Gasteiger partial charge in [0.2, 0.25) is 0 Å². The van der Waals surface area contributed by atoms with Crippen molar-refractivity contribution >= 4 is 37.6 Å². The van der Waals surface area contributed by atoms with E-state index in [0.717, 1.165) is 17.3 Å². The van der Waals surface area contributed by atoms with Gasteiger partial charge in [0.1, 0.15) is 5.78 Å². The molecule has 0 aromatic heterocycles. The Balaban J connectivity index is 3.12. The van der Waals surface area contributed by atoms with Gasteiger partial charge < -0.3 is 0 Å². The van der Waals surface area contributed by atoms with Crippen molar-refractivity contribution in [2.45, 2.75) is 30.4 Å². The molecular weight excluding hydrogens is 320 g/mol. The Bertz CT molecular complexity index is 361. The largest absolute Gasteiger partial charge is 0.298 e. The molecule has 1 aromatic carbocycles. The van der Waals surface area contributed by atoms with Crippen LogP contribution in [0.5, 0.6) is 0 Å². The summed E-state index contributed by atoms with van der Waals surface area (Å²) in [6.45, 7) is 3.73. The van der Waals surface area contributed by atoms with E-state index in [1.54, 1.807) is 6.92 Å². The van der Waals surface area contributed by atoms with Crippen LogP contribution in [0.15, 0.2) is 18.2 Å². The zero-order valence-electron chi connectivity index (χ0n) is 8.89. The number of alkyl halides is 2. The summed E-state index contributed by atoms with van der Waals surface area (Å²) in [6.07, 6.45) is 1.02. The summed E-state index contributed by atoms with van der Waals surface area (Å²) in [5.41, 5.74) is 3.56. The van der Waals surface area contributed by atoms with Crippen LogP contribution in [0.25, 0.3) is 0 Å². The second kappa shape index (κ2) is 5.80. The summed E-state index contributed by atoms with van der Waals surface area (Å²) in [4.78, 5) is 11.1. The van der Waals surface area contributed by atoms with E-state index in [1.807, 2.05) is 6.07 Å². The van der Waals surface area contributed by atoms with Crippen LogP contribution >= 0.6 is 31.9 Å². The number of aryl methyl sites for hydroxylation is 1. The number of Topliss-reactive ketones (excluding diaryl/α,β-unsaturated/α-hetero) is 1. The molecule has 0 saturated carbocycles. The van der Waals surface area contributed by atoms with Gasteiger partial charge in [-0.2, -0.15) is 0 Å². The van der Waals surface area contributed by atoms with Crippen molar-refractivity contribution in [1.82, 2.24) is 0 Å². The first-order valence-corrected chi connectivity index (χ1v) is 6.96. The Labute approximate surface area is 108 Å². The van der Waals surface area contributed by atoms with E-state index in [0.29, 0.717) is 0 Å². The Kier molecular flexibility index (Phi) is 5.00. The molecule has 0 aliphatic carbocycles. The van der Waals surface area contributed by atoms with Crippen LogP contribution in [0, 0.1) is 0 Å². The summed E-state index contributed by atoms with van der Waals surface area (Å²) in [5, 5.41) is 0.783. The average Bonchev–Trinajstić information content (AvgIpc) is 2.27. The van der Waals surface area contributed by atoms with E-state index >= 15 is 0 Å². The minimum atomic E-state index is -0.184. The third-order valence-corrected chi connectivity index (χ3v) is 4.13. The van der Waals surface area contributed by atoms with E-state index in [-0.39, 0.29) is 10.6 Å². The SMILES string of the molecule is CCc1ccc(C(Br)C(C)=O)c(CBr)c1. The molecule has 0 aliphatic rings. The zero-order valence-corrected chi connectivity index (χ0v) is 12.1. The van der Waals surface area contributed by atoms with Crippen LogP contribution in [-0.4, -0.2) is 5.78 Å². The number of hydrogen-bond donors (Lipinski definition) is 0. The van der Waals surface area contributed by atoms with Gasteiger partial charge >= 0.3 is 0 Å². The van der Waals surface area contributed by atoms with Gasteiger partial charge in [-0.1, -0.05) is 57.0 Å². The van der Waals surface area contributed by atoms with Crippen LogP contribution < -0.4 is 0 Å². The van der Waals surface area contributed by atoms with E-state index < -0.39 is 0 Å². The highest BCUT2D eigenvalue weighted by Crippen LogP contribution is 2.29. The minimum Gasteiger partial charge on any atom is -0.298 e. The molecule has 0 spiro atoms. The van der Waals surface area contributed by atoms with Gasteiger partial charge in [0.25, 0.3) is 0 Å². The van der Waals surface area contributed by atoms with Crippen molar-refractivity contribution < 1.29 is 4.79 Å². The predicted molar refractivity (Wildman–Crippen MR) is 70.8 cm³/mol. The van der Waals surface area contributed by atoms with Gasteiger partial charge in [0.05, 0.1) is 4.83 Å². The first-order chi connectivity index (χ1) is 7.10. The lowest BCUT2D eigenvalue weighted by atomic mass is 10.00. The number of carbonyl (C=O) groups excluding carboxylic acids is 1. The van der Waals surface area contributed by atoms with Gasteiger partial charge in [0.15, 0.2) is 0 Å². The minimum absolute atomic E-state index is 0.140. The fourth-order valence-corrected chi connectivity index (χ4v) is 2.39. The molecule has 1 aromatic rings. The smallest absolute Gasteiger partial charge is 0.147 e. The predicted octanol–water partition coefficient (Wildman–Crippen LogP) is 4.17. The number of carbonyl (C=O) groups is 1. The van der Waals surface area contributed by atoms with Crippen molar-refractivity contribution in [3.05, 3.63) is 34.9 Å². The fourth-order valence-electron chi connectivity index (χ4n) is 1.46. The Hall–Kier alpha value is -0.150. The van der Waals surface area contributed by atoms with E-state index in [9.17, 15) is 4.79 Å². The summed E-state index contributed by atoms with van der Waals surface area (Å²) < 4.78 is 0. The van der Waals surface area contributed by atoms with Gasteiger partial charge in [-0.05, 0) is 30.0 Å². The number of halogens is 2. The van der Waals surface area contributed by atoms with Crippen LogP contribution in [0.4, 0.5) is 0 Å². The number of hydrogen-bond acceptors (Lipinski definition) is 1. The molecule has 3 heteroatoms. The van der Waals surface area contributed by atoms with Gasteiger partial charge in [-0.3, -0.25) is 4.79 Å². The third-order valence-electron chi connectivity index (χ3n) is 2.39. The van der Waals surface area contributed by atoms with Crippen LogP contribution in [-0.2, 0) is 16.5 Å². The second-order valence-electron chi connectivity index (χ2n) is 3.49. The van der Waals surface area contributed by atoms with Gasteiger partial charge in [0, 0.05) is 5.33 Å². The maximum Gasteiger partial charge on any atom is 0.147 e. The summed E-state index contributed by atoms with van der Waals surface area (Å²) in [7, 11) is 0. The first-order valence-electron chi connectivity index (χ1n) is 4.92. The molecule has 0 heterocycles. The Morgan fingerprint density at radius 3 is 2.60 bits per heavy atom. The van der Waals surface area contributed by atoms with Crippen molar-refractivity contribution in [3.8, 4) is 0 Å². The molecule has 0 saturated heterocycles. The van der Waals surface area contributed by atoms with E-state index in [4.69, 9.17) is 0 Å². The molecule has 82 valence electrons. The van der Waals surface area contributed by atoms with Crippen LogP contribution in [0.2, 0.25) is 0 Å². The highest BCUT2D eigenvalue weighted by molar-refractivity contribution is 9.09. The standard InChI is InChI=1S/C12H14Br2O/c1-3-9-4-5-11(10(6-9)7-13)12(14)8(2)15/h4-6,12H,3,7H2,1-2H3. The van der Waals surface area contributed by atoms with Gasteiger partial charge in [-0.25, -0.2) is 0 Å². The lowest BCUT2D eigenvalue weighted by Gasteiger charge is -2.12. The molecule has 1 rings (SSSR count). The quantitative estimate of drug-likeness (QED) is 0.756. The van der Waals surface area contributed by atoms with Crippen molar-refractivity contribution in [1.29, 1.82) is 0 Å². The molecule has 1 atom stereocenters. The highest BCUT2D eigenvalue weighted by atomic mass is 79.9. The second-order valence-corrected chi connectivity index (χ2v) is 4.97. The molecule has 0 radical (unpaired) electrons. The molecule has 1 nitrogen and oxygen atoms in total. The lowest BCUT2D eigenvalue weighted by Crippen LogP contribution is -2.04. The molecular formula is C12H14Br2O. The molecule has 0 aliphatic heterocycles. The normalized spacial score (nSPS) is 12.5.